The monoisotopic (exact) mass is 589 g/mol. The molecular formula is C30H39BF3N3O5. The number of benzene rings is 2. The van der Waals surface area contributed by atoms with E-state index < -0.39 is 30.1 Å². The van der Waals surface area contributed by atoms with Crippen LogP contribution < -0.4 is 5.32 Å². The van der Waals surface area contributed by atoms with E-state index in [4.69, 9.17) is 4.74 Å². The molecule has 1 heterocycles. The van der Waals surface area contributed by atoms with Crippen LogP contribution in [0.4, 0.5) is 13.2 Å². The number of hydrogen-bond acceptors (Lipinski definition) is 6. The molecule has 0 spiro atoms. The first-order valence-corrected chi connectivity index (χ1v) is 14.1. The zero-order chi connectivity index (χ0) is 31.0. The predicted molar refractivity (Wildman–Crippen MR) is 153 cm³/mol. The fourth-order valence-corrected chi connectivity index (χ4v) is 4.60. The summed E-state index contributed by atoms with van der Waals surface area (Å²) in [5.41, 5.74) is 1.67. The van der Waals surface area contributed by atoms with Crippen LogP contribution in [-0.2, 0) is 36.9 Å². The zero-order valence-corrected chi connectivity index (χ0v) is 24.1. The van der Waals surface area contributed by atoms with Gasteiger partial charge >= 0.3 is 43.2 Å². The molecule has 2 atom stereocenters. The standard InChI is InChI=1S/C28H34F3N3O4.C2H5BO/c1-32-24(14-15-25(35)38-20-22-11-6-3-7-12-22)26(36)34-17-8-13-23(34)19-33(27(37)28(29,30)31)18-16-21-9-4-2-5-10-21;1-2-3-4/h2-7,9-12,23-24,32H,8,13-20H2,1H3;2H2,1H3/t23-,24-;/m0./s1. The summed E-state index contributed by atoms with van der Waals surface area (Å²) >= 11 is 0. The smallest absolute Gasteiger partial charge is 0.461 e. The number of carbonyl (C=O) groups is 3. The van der Waals surface area contributed by atoms with Crippen molar-refractivity contribution in [3.8, 4) is 0 Å². The third-order valence-corrected chi connectivity index (χ3v) is 6.83. The minimum absolute atomic E-state index is 0.0122. The van der Waals surface area contributed by atoms with Crippen LogP contribution in [0.3, 0.4) is 0 Å². The van der Waals surface area contributed by atoms with Crippen LogP contribution in [0.2, 0.25) is 6.32 Å². The molecule has 2 aromatic carbocycles. The Morgan fingerprint density at radius 1 is 1.07 bits per heavy atom. The van der Waals surface area contributed by atoms with Crippen LogP contribution in [0.5, 0.6) is 0 Å². The normalized spacial score (nSPS) is 15.2. The first kappa shape index (κ1) is 34.7. The van der Waals surface area contributed by atoms with E-state index in [0.29, 0.717) is 25.7 Å². The van der Waals surface area contributed by atoms with Gasteiger partial charge in [-0.25, -0.2) is 0 Å². The van der Waals surface area contributed by atoms with Crippen LogP contribution in [-0.4, -0.2) is 79.7 Å². The number of likely N-dealkylation sites (N-methyl/N-ethyl adjacent to an activating group) is 1. The van der Waals surface area contributed by atoms with Crippen molar-refractivity contribution in [1.29, 1.82) is 0 Å². The van der Waals surface area contributed by atoms with Gasteiger partial charge in [0.2, 0.25) is 5.91 Å². The molecule has 0 unspecified atom stereocenters. The van der Waals surface area contributed by atoms with E-state index in [0.717, 1.165) is 23.2 Å². The van der Waals surface area contributed by atoms with Gasteiger partial charge in [0.1, 0.15) is 6.61 Å². The summed E-state index contributed by atoms with van der Waals surface area (Å²) in [5, 5.41) is 2.92. The minimum atomic E-state index is -5.00. The van der Waals surface area contributed by atoms with E-state index in [1.54, 1.807) is 31.3 Å². The number of carbonyl (C=O) groups excluding carboxylic acids is 3. The van der Waals surface area contributed by atoms with Gasteiger partial charge in [0.15, 0.2) is 0 Å². The number of hydrogen-bond donors (Lipinski definition) is 1. The molecule has 1 fully saturated rings. The summed E-state index contributed by atoms with van der Waals surface area (Å²) in [6.45, 7) is 2.02. The molecule has 1 N–H and O–H groups in total. The Balaban J connectivity index is 0.00000144. The maximum atomic E-state index is 13.4. The van der Waals surface area contributed by atoms with Crippen molar-refractivity contribution < 1.29 is 37.0 Å². The van der Waals surface area contributed by atoms with Crippen molar-refractivity contribution in [2.24, 2.45) is 0 Å². The Labute approximate surface area is 245 Å². The Kier molecular flexibility index (Phi) is 14.9. The number of rotatable bonds is 13. The van der Waals surface area contributed by atoms with Gasteiger partial charge in [0.25, 0.3) is 0 Å². The number of nitrogens with zero attached hydrogens (tertiary/aromatic N) is 2. The second-order valence-electron chi connectivity index (χ2n) is 9.91. The first-order chi connectivity index (χ1) is 20.1. The van der Waals surface area contributed by atoms with Gasteiger partial charge in [0, 0.05) is 32.1 Å². The van der Waals surface area contributed by atoms with Crippen LogP contribution in [0.25, 0.3) is 0 Å². The summed E-state index contributed by atoms with van der Waals surface area (Å²) in [4.78, 5) is 40.1. The molecule has 12 heteroatoms. The van der Waals surface area contributed by atoms with Crippen molar-refractivity contribution in [2.75, 3.05) is 26.7 Å². The predicted octanol–water partition coefficient (Wildman–Crippen LogP) is 4.20. The number of nitrogens with one attached hydrogen (secondary N) is 1. The SMILES string of the molecule is CCB=O.CN[C@@H](CCC(=O)OCc1ccccc1)C(=O)N1CCC[C@H]1CN(CCc1ccccc1)C(=O)C(F)(F)F. The maximum absolute atomic E-state index is 13.4. The largest absolute Gasteiger partial charge is 0.471 e. The summed E-state index contributed by atoms with van der Waals surface area (Å²) in [7, 11) is 2.47. The molecule has 228 valence electrons. The van der Waals surface area contributed by atoms with Crippen molar-refractivity contribution in [3.63, 3.8) is 0 Å². The summed E-state index contributed by atoms with van der Waals surface area (Å²) in [5.74, 6) is -2.64. The van der Waals surface area contributed by atoms with Gasteiger partial charge < -0.3 is 19.9 Å². The Bertz CT molecular complexity index is 1120. The third kappa shape index (κ3) is 11.8. The molecule has 8 nitrogen and oxygen atoms in total. The van der Waals surface area contributed by atoms with Gasteiger partial charge in [-0.2, -0.15) is 13.2 Å². The first-order valence-electron chi connectivity index (χ1n) is 14.1. The number of halogens is 3. The second-order valence-corrected chi connectivity index (χ2v) is 9.91. The molecule has 2 amide bonds. The number of ether oxygens (including phenoxy) is 1. The fourth-order valence-electron chi connectivity index (χ4n) is 4.60. The molecule has 0 saturated carbocycles. The molecule has 42 heavy (non-hydrogen) atoms. The summed E-state index contributed by atoms with van der Waals surface area (Å²) < 4.78 is 54.5. The molecule has 1 aliphatic rings. The molecule has 0 radical (unpaired) electrons. The van der Waals surface area contributed by atoms with Gasteiger partial charge in [0.05, 0.1) is 6.04 Å². The van der Waals surface area contributed by atoms with Gasteiger partial charge in [-0.3, -0.25) is 14.4 Å². The van der Waals surface area contributed by atoms with E-state index in [-0.39, 0.29) is 44.9 Å². The van der Waals surface area contributed by atoms with Crippen LogP contribution in [0, 0.1) is 0 Å². The van der Waals surface area contributed by atoms with E-state index in [1.807, 2.05) is 43.3 Å². The Hall–Kier alpha value is -3.54. The van der Waals surface area contributed by atoms with Crippen molar-refractivity contribution in [2.45, 2.75) is 70.2 Å². The van der Waals surface area contributed by atoms with Crippen LogP contribution in [0.1, 0.15) is 43.7 Å². The van der Waals surface area contributed by atoms with Crippen LogP contribution in [0.15, 0.2) is 60.7 Å². The second kappa shape index (κ2) is 18.1. The van der Waals surface area contributed by atoms with E-state index in [9.17, 15) is 32.3 Å². The number of likely N-dealkylation sites (tertiary alicyclic amines) is 1. The van der Waals surface area contributed by atoms with Crippen LogP contribution >= 0.6 is 0 Å². The van der Waals surface area contributed by atoms with Gasteiger partial charge in [-0.1, -0.05) is 60.7 Å². The van der Waals surface area contributed by atoms with E-state index in [1.165, 1.54) is 4.90 Å². The summed E-state index contributed by atoms with van der Waals surface area (Å²) in [6, 6.07) is 17.0. The zero-order valence-electron chi connectivity index (χ0n) is 24.1. The number of alkyl halides is 3. The topological polar surface area (TPSA) is 96.0 Å². The molecular weight excluding hydrogens is 550 g/mol. The van der Waals surface area contributed by atoms with Crippen molar-refractivity contribution in [1.82, 2.24) is 15.1 Å². The molecule has 0 bridgehead atoms. The molecule has 3 rings (SSSR count). The average Bonchev–Trinajstić information content (AvgIpc) is 3.47. The number of amides is 2. The summed E-state index contributed by atoms with van der Waals surface area (Å²) in [6.07, 6.45) is -2.78. The fraction of sp³-hybridized carbons (Fsp3) is 0.500. The van der Waals surface area contributed by atoms with Gasteiger partial charge in [-0.15, -0.1) is 0 Å². The molecule has 0 aromatic heterocycles. The molecule has 1 aliphatic heterocycles. The van der Waals surface area contributed by atoms with E-state index >= 15 is 0 Å². The Morgan fingerprint density at radius 3 is 2.21 bits per heavy atom. The minimum Gasteiger partial charge on any atom is -0.461 e. The molecule has 0 aliphatic carbocycles. The molecule has 1 saturated heterocycles. The maximum Gasteiger partial charge on any atom is 0.471 e. The third-order valence-electron chi connectivity index (χ3n) is 6.83. The number of esters is 1. The van der Waals surface area contributed by atoms with Crippen molar-refractivity contribution in [3.05, 3.63) is 71.8 Å². The van der Waals surface area contributed by atoms with Gasteiger partial charge in [-0.05, 0) is 43.9 Å². The average molecular weight is 589 g/mol. The molecule has 2 aromatic rings. The van der Waals surface area contributed by atoms with E-state index in [2.05, 4.69) is 5.32 Å². The Morgan fingerprint density at radius 2 is 1.67 bits per heavy atom. The quantitative estimate of drug-likeness (QED) is 0.278. The van der Waals surface area contributed by atoms with Crippen molar-refractivity contribution >= 4 is 24.9 Å².